The highest BCUT2D eigenvalue weighted by atomic mass is 16.6. The molecule has 0 amide bonds. The van der Waals surface area contributed by atoms with Crippen LogP contribution < -0.4 is 0 Å². The molecule has 0 aliphatic rings. The number of carbonyl (C=O) groups excluding carboxylic acids is 3. The minimum absolute atomic E-state index is 0.0928. The van der Waals surface area contributed by atoms with E-state index in [1.54, 1.807) is 0 Å². The second-order valence-electron chi connectivity index (χ2n) is 19.2. The van der Waals surface area contributed by atoms with Crippen molar-refractivity contribution in [3.05, 3.63) is 60.8 Å². The second-order valence-corrected chi connectivity index (χ2v) is 19.2. The van der Waals surface area contributed by atoms with Gasteiger partial charge in [-0.1, -0.05) is 274 Å². The summed E-state index contributed by atoms with van der Waals surface area (Å²) in [5, 5.41) is 0. The maximum Gasteiger partial charge on any atom is 0.306 e. The van der Waals surface area contributed by atoms with Crippen LogP contribution in [0.3, 0.4) is 0 Å². The molecule has 6 heteroatoms. The zero-order chi connectivity index (χ0) is 48.6. The van der Waals surface area contributed by atoms with Crippen LogP contribution in [-0.2, 0) is 28.6 Å². The molecular weight excluding hydrogens is 829 g/mol. The normalized spacial score (nSPS) is 12.5. The van der Waals surface area contributed by atoms with Gasteiger partial charge in [0.2, 0.25) is 0 Å². The van der Waals surface area contributed by atoms with Crippen LogP contribution in [0.4, 0.5) is 0 Å². The highest BCUT2D eigenvalue weighted by Crippen LogP contribution is 2.17. The number of unbranched alkanes of at least 4 members (excludes halogenated alkanes) is 31. The van der Waals surface area contributed by atoms with Gasteiger partial charge in [-0.25, -0.2) is 0 Å². The predicted octanol–water partition coefficient (Wildman–Crippen LogP) is 19.2. The van der Waals surface area contributed by atoms with Gasteiger partial charge in [-0.05, 0) is 57.8 Å². The Morgan fingerprint density at radius 3 is 0.896 bits per heavy atom. The van der Waals surface area contributed by atoms with Crippen molar-refractivity contribution in [3.8, 4) is 0 Å². The van der Waals surface area contributed by atoms with Crippen molar-refractivity contribution in [3.63, 3.8) is 0 Å². The molecule has 0 aliphatic carbocycles. The Hall–Kier alpha value is -2.89. The first-order valence-electron chi connectivity index (χ1n) is 28.8. The van der Waals surface area contributed by atoms with Crippen LogP contribution in [0.5, 0.6) is 0 Å². The van der Waals surface area contributed by atoms with Crippen LogP contribution in [0.25, 0.3) is 0 Å². The molecule has 0 radical (unpaired) electrons. The lowest BCUT2D eigenvalue weighted by atomic mass is 10.0. The molecule has 0 N–H and O–H groups in total. The van der Waals surface area contributed by atoms with E-state index in [2.05, 4.69) is 81.5 Å². The van der Waals surface area contributed by atoms with Crippen LogP contribution >= 0.6 is 0 Å². The van der Waals surface area contributed by atoms with Crippen molar-refractivity contribution in [2.24, 2.45) is 0 Å². The first-order valence-corrected chi connectivity index (χ1v) is 28.8. The Morgan fingerprint density at radius 1 is 0.313 bits per heavy atom. The predicted molar refractivity (Wildman–Crippen MR) is 288 cm³/mol. The fourth-order valence-corrected chi connectivity index (χ4v) is 8.24. The summed E-state index contributed by atoms with van der Waals surface area (Å²) < 4.78 is 16.8. The van der Waals surface area contributed by atoms with Crippen molar-refractivity contribution in [2.45, 2.75) is 297 Å². The molecule has 388 valence electrons. The standard InChI is InChI=1S/C61H108O6/c1-4-7-10-13-16-19-22-25-27-29-30-32-33-36-39-42-45-48-51-54-60(63)66-57-58(56-65-59(62)53-50-47-44-41-38-35-24-21-18-15-12-9-6-3)67-61(64)55-52-49-46-43-40-37-34-31-28-26-23-20-17-14-11-8-5-2/h8,11,17,20,26,28,34,37,43,46,58H,4-7,9-10,12-16,18-19,21-25,27,29-33,35-36,38-42,44-45,47-57H2,1-3H3/b11-8-,20-17-,28-26-,37-34-,46-43-. The monoisotopic (exact) mass is 937 g/mol. The van der Waals surface area contributed by atoms with E-state index in [0.717, 1.165) is 77.0 Å². The van der Waals surface area contributed by atoms with Crippen LogP contribution in [0.15, 0.2) is 60.8 Å². The van der Waals surface area contributed by atoms with Crippen LogP contribution in [0, 0.1) is 0 Å². The highest BCUT2D eigenvalue weighted by molar-refractivity contribution is 5.71. The molecule has 6 nitrogen and oxygen atoms in total. The topological polar surface area (TPSA) is 78.9 Å². The quantitative estimate of drug-likeness (QED) is 0.0262. The molecule has 0 heterocycles. The molecule has 1 unspecified atom stereocenters. The van der Waals surface area contributed by atoms with Gasteiger partial charge in [0, 0.05) is 19.3 Å². The third-order valence-corrected chi connectivity index (χ3v) is 12.5. The first kappa shape index (κ1) is 64.1. The average Bonchev–Trinajstić information content (AvgIpc) is 3.33. The van der Waals surface area contributed by atoms with Gasteiger partial charge in [0.1, 0.15) is 13.2 Å². The molecule has 0 aromatic carbocycles. The van der Waals surface area contributed by atoms with E-state index in [-0.39, 0.29) is 37.5 Å². The van der Waals surface area contributed by atoms with Crippen LogP contribution in [0.2, 0.25) is 0 Å². The SMILES string of the molecule is CC/C=C\C/C=C\C/C=C\C/C=C\C/C=C\CCCC(=O)OC(COC(=O)CCCCCCCCCCCCCCC)COC(=O)CCCCCCCCCCCCCCCCCCCCC. The zero-order valence-corrected chi connectivity index (χ0v) is 44.4. The fourth-order valence-electron chi connectivity index (χ4n) is 8.24. The van der Waals surface area contributed by atoms with Crippen molar-refractivity contribution in [1.29, 1.82) is 0 Å². The first-order chi connectivity index (χ1) is 33.0. The Morgan fingerprint density at radius 2 is 0.582 bits per heavy atom. The molecule has 0 spiro atoms. The minimum atomic E-state index is -0.800. The average molecular weight is 938 g/mol. The van der Waals surface area contributed by atoms with Gasteiger partial charge in [-0.2, -0.15) is 0 Å². The zero-order valence-electron chi connectivity index (χ0n) is 44.4. The molecule has 0 aromatic heterocycles. The summed E-state index contributed by atoms with van der Waals surface area (Å²) >= 11 is 0. The number of rotatable bonds is 52. The molecule has 0 aromatic rings. The van der Waals surface area contributed by atoms with Crippen LogP contribution in [-0.4, -0.2) is 37.2 Å². The Labute approximate surface area is 415 Å². The molecule has 0 saturated heterocycles. The maximum atomic E-state index is 12.8. The fraction of sp³-hybridized carbons (Fsp3) is 0.787. The molecule has 67 heavy (non-hydrogen) atoms. The summed E-state index contributed by atoms with van der Waals surface area (Å²) in [5.74, 6) is -0.938. The minimum Gasteiger partial charge on any atom is -0.462 e. The summed E-state index contributed by atoms with van der Waals surface area (Å²) in [6, 6.07) is 0. The lowest BCUT2D eigenvalue weighted by Gasteiger charge is -2.18. The maximum absolute atomic E-state index is 12.8. The van der Waals surface area contributed by atoms with Gasteiger partial charge in [0.25, 0.3) is 0 Å². The number of hydrogen-bond acceptors (Lipinski definition) is 6. The third-order valence-electron chi connectivity index (χ3n) is 12.5. The number of carbonyl (C=O) groups is 3. The lowest BCUT2D eigenvalue weighted by molar-refractivity contribution is -0.167. The molecule has 0 rings (SSSR count). The number of ether oxygens (including phenoxy) is 3. The number of esters is 3. The Balaban J connectivity index is 4.40. The van der Waals surface area contributed by atoms with E-state index in [9.17, 15) is 14.4 Å². The van der Waals surface area contributed by atoms with Gasteiger partial charge >= 0.3 is 17.9 Å². The van der Waals surface area contributed by atoms with E-state index in [1.165, 1.54) is 167 Å². The van der Waals surface area contributed by atoms with Gasteiger partial charge in [0.15, 0.2) is 6.10 Å². The Bertz CT molecular complexity index is 1210. The Kier molecular flexibility index (Phi) is 53.3. The molecule has 1 atom stereocenters. The molecule has 0 fully saturated rings. The number of hydrogen-bond donors (Lipinski definition) is 0. The molecule has 0 bridgehead atoms. The summed E-state index contributed by atoms with van der Waals surface area (Å²) in [6.45, 7) is 6.51. The number of allylic oxidation sites excluding steroid dienone is 10. The lowest BCUT2D eigenvalue weighted by Crippen LogP contribution is -2.30. The van der Waals surface area contributed by atoms with Gasteiger partial charge in [0.05, 0.1) is 0 Å². The molecule has 0 saturated carbocycles. The third kappa shape index (κ3) is 53.9. The van der Waals surface area contributed by atoms with Crippen molar-refractivity contribution in [1.82, 2.24) is 0 Å². The smallest absolute Gasteiger partial charge is 0.306 e. The summed E-state index contributed by atoms with van der Waals surface area (Å²) in [6.07, 6.45) is 69.3. The van der Waals surface area contributed by atoms with Crippen molar-refractivity contribution >= 4 is 17.9 Å². The van der Waals surface area contributed by atoms with Crippen molar-refractivity contribution < 1.29 is 28.6 Å². The summed E-state index contributed by atoms with van der Waals surface area (Å²) in [5.41, 5.74) is 0. The molecular formula is C61H108O6. The van der Waals surface area contributed by atoms with Crippen molar-refractivity contribution in [2.75, 3.05) is 13.2 Å². The second kappa shape index (κ2) is 55.7. The van der Waals surface area contributed by atoms with E-state index < -0.39 is 6.10 Å². The highest BCUT2D eigenvalue weighted by Gasteiger charge is 2.19. The van der Waals surface area contributed by atoms with E-state index >= 15 is 0 Å². The van der Waals surface area contributed by atoms with E-state index in [0.29, 0.717) is 19.3 Å². The summed E-state index contributed by atoms with van der Waals surface area (Å²) in [7, 11) is 0. The summed E-state index contributed by atoms with van der Waals surface area (Å²) in [4.78, 5) is 38.1. The molecule has 0 aliphatic heterocycles. The van der Waals surface area contributed by atoms with Gasteiger partial charge in [-0.3, -0.25) is 14.4 Å². The van der Waals surface area contributed by atoms with Crippen LogP contribution in [0.1, 0.15) is 290 Å². The van der Waals surface area contributed by atoms with Gasteiger partial charge < -0.3 is 14.2 Å². The van der Waals surface area contributed by atoms with E-state index in [4.69, 9.17) is 14.2 Å². The van der Waals surface area contributed by atoms with E-state index in [1.807, 2.05) is 0 Å². The van der Waals surface area contributed by atoms with Gasteiger partial charge in [-0.15, -0.1) is 0 Å². The largest absolute Gasteiger partial charge is 0.462 e.